The number of hydrogen-bond acceptors (Lipinski definition) is 3. The lowest BCUT2D eigenvalue weighted by Gasteiger charge is -2.07. The van der Waals surface area contributed by atoms with Crippen molar-refractivity contribution in [3.05, 3.63) is 55.3 Å². The summed E-state index contributed by atoms with van der Waals surface area (Å²) < 4.78 is 5.36. The molecular weight excluding hydrogens is 298 g/mol. The van der Waals surface area contributed by atoms with E-state index in [0.717, 1.165) is 0 Å². The third-order valence-electron chi connectivity index (χ3n) is 2.12. The second-order valence-electron chi connectivity index (χ2n) is 3.41. The number of rotatable bonds is 3. The third-order valence-corrected chi connectivity index (χ3v) is 3.19. The number of hydrogen-bond donors (Lipinski definition) is 1. The Kier molecular flexibility index (Phi) is 4.11. The van der Waals surface area contributed by atoms with Crippen LogP contribution in [-0.4, -0.2) is 10.2 Å². The summed E-state index contributed by atoms with van der Waals surface area (Å²) in [5, 5.41) is 7.19. The number of nitrogens with zero attached hydrogens (tertiary/aromatic N) is 1. The van der Waals surface area contributed by atoms with Crippen molar-refractivity contribution in [2.24, 2.45) is 0 Å². The van der Waals surface area contributed by atoms with Gasteiger partial charge in [0.25, 0.3) is 5.56 Å². The SMILES string of the molecule is O=c1ccc(OCc2cc(Cl)c(Cl)cc2Cl)n[nH]1. The van der Waals surface area contributed by atoms with Gasteiger partial charge in [-0.25, -0.2) is 5.10 Å². The monoisotopic (exact) mass is 304 g/mol. The van der Waals surface area contributed by atoms with Crippen LogP contribution in [0.3, 0.4) is 0 Å². The fourth-order valence-electron chi connectivity index (χ4n) is 1.24. The first-order valence-corrected chi connectivity index (χ1v) is 6.01. The van der Waals surface area contributed by atoms with Gasteiger partial charge in [0.05, 0.1) is 10.0 Å². The largest absolute Gasteiger partial charge is 0.472 e. The number of aromatic amines is 1. The van der Waals surface area contributed by atoms with Crippen LogP contribution in [0.4, 0.5) is 0 Å². The molecule has 2 aromatic rings. The summed E-state index contributed by atoms with van der Waals surface area (Å²) in [7, 11) is 0. The van der Waals surface area contributed by atoms with E-state index in [4.69, 9.17) is 39.5 Å². The molecule has 1 aromatic carbocycles. The standard InChI is InChI=1S/C11H7Cl3N2O2/c12-7-4-9(14)8(13)3-6(7)5-18-11-2-1-10(17)15-16-11/h1-4H,5H2,(H,15,17). The molecular formula is C11H7Cl3N2O2. The molecule has 2 rings (SSSR count). The molecule has 0 unspecified atom stereocenters. The highest BCUT2D eigenvalue weighted by molar-refractivity contribution is 6.43. The van der Waals surface area contributed by atoms with Gasteiger partial charge >= 0.3 is 0 Å². The van der Waals surface area contributed by atoms with Gasteiger partial charge in [0.1, 0.15) is 6.61 Å². The van der Waals surface area contributed by atoms with Gasteiger partial charge in [0.15, 0.2) is 0 Å². The van der Waals surface area contributed by atoms with E-state index >= 15 is 0 Å². The first-order chi connectivity index (χ1) is 8.56. The highest BCUT2D eigenvalue weighted by Gasteiger charge is 2.07. The van der Waals surface area contributed by atoms with Crippen LogP contribution in [0, 0.1) is 0 Å². The number of aromatic nitrogens is 2. The van der Waals surface area contributed by atoms with E-state index in [-0.39, 0.29) is 18.0 Å². The van der Waals surface area contributed by atoms with Crippen molar-refractivity contribution in [1.29, 1.82) is 0 Å². The zero-order chi connectivity index (χ0) is 13.1. The highest BCUT2D eigenvalue weighted by Crippen LogP contribution is 2.29. The molecule has 0 aliphatic heterocycles. The Balaban J connectivity index is 2.13. The summed E-state index contributed by atoms with van der Waals surface area (Å²) >= 11 is 17.7. The second kappa shape index (κ2) is 5.61. The maximum Gasteiger partial charge on any atom is 0.264 e. The van der Waals surface area contributed by atoms with Crippen LogP contribution in [0.1, 0.15) is 5.56 Å². The summed E-state index contributed by atoms with van der Waals surface area (Å²) in [6.07, 6.45) is 0. The lowest BCUT2D eigenvalue weighted by Crippen LogP contribution is -2.07. The molecule has 0 saturated heterocycles. The number of nitrogens with one attached hydrogen (secondary N) is 1. The van der Waals surface area contributed by atoms with E-state index in [1.165, 1.54) is 12.1 Å². The summed E-state index contributed by atoms with van der Waals surface area (Å²) in [5.41, 5.74) is 0.383. The summed E-state index contributed by atoms with van der Waals surface area (Å²) in [6.45, 7) is 0.175. The molecule has 0 aliphatic carbocycles. The summed E-state index contributed by atoms with van der Waals surface area (Å²) in [6, 6.07) is 5.95. The zero-order valence-electron chi connectivity index (χ0n) is 8.91. The Hall–Kier alpha value is -1.23. The first kappa shape index (κ1) is 13.2. The van der Waals surface area contributed by atoms with Crippen LogP contribution in [0.2, 0.25) is 15.1 Å². The van der Waals surface area contributed by atoms with Gasteiger partial charge in [-0.15, -0.1) is 5.10 Å². The Morgan fingerprint density at radius 2 is 1.83 bits per heavy atom. The quantitative estimate of drug-likeness (QED) is 0.885. The molecule has 0 fully saturated rings. The Bertz CT molecular complexity index is 608. The summed E-state index contributed by atoms with van der Waals surface area (Å²) in [5.74, 6) is 0.289. The first-order valence-electron chi connectivity index (χ1n) is 4.88. The number of H-pyrrole nitrogens is 1. The molecule has 0 amide bonds. The average Bonchev–Trinajstić information content (AvgIpc) is 2.34. The van der Waals surface area contributed by atoms with Gasteiger partial charge in [-0.2, -0.15) is 0 Å². The lowest BCUT2D eigenvalue weighted by molar-refractivity contribution is 0.290. The molecule has 7 heteroatoms. The molecule has 0 saturated carbocycles. The predicted molar refractivity (Wildman–Crippen MR) is 70.7 cm³/mol. The van der Waals surface area contributed by atoms with E-state index in [0.29, 0.717) is 20.6 Å². The number of benzene rings is 1. The average molecular weight is 306 g/mol. The van der Waals surface area contributed by atoms with Crippen molar-refractivity contribution in [2.75, 3.05) is 0 Å². The topological polar surface area (TPSA) is 55.0 Å². The lowest BCUT2D eigenvalue weighted by atomic mass is 10.2. The maximum absolute atomic E-state index is 10.8. The van der Waals surface area contributed by atoms with Gasteiger partial charge in [-0.1, -0.05) is 34.8 Å². The van der Waals surface area contributed by atoms with Gasteiger partial charge in [0.2, 0.25) is 5.88 Å². The van der Waals surface area contributed by atoms with Gasteiger partial charge in [-0.3, -0.25) is 4.79 Å². The van der Waals surface area contributed by atoms with E-state index in [9.17, 15) is 4.79 Å². The van der Waals surface area contributed by atoms with Crippen molar-refractivity contribution in [3.8, 4) is 5.88 Å². The molecule has 4 nitrogen and oxygen atoms in total. The molecule has 1 heterocycles. The minimum atomic E-state index is -0.296. The maximum atomic E-state index is 10.8. The molecule has 18 heavy (non-hydrogen) atoms. The van der Waals surface area contributed by atoms with Crippen molar-refractivity contribution in [1.82, 2.24) is 10.2 Å². The Morgan fingerprint density at radius 3 is 2.50 bits per heavy atom. The van der Waals surface area contributed by atoms with Crippen LogP contribution in [0.25, 0.3) is 0 Å². The van der Waals surface area contributed by atoms with Crippen LogP contribution in [0.15, 0.2) is 29.1 Å². The predicted octanol–water partition coefficient (Wildman–Crippen LogP) is 3.31. The van der Waals surface area contributed by atoms with Crippen LogP contribution < -0.4 is 10.3 Å². The highest BCUT2D eigenvalue weighted by atomic mass is 35.5. The van der Waals surface area contributed by atoms with Crippen molar-refractivity contribution < 1.29 is 4.74 Å². The molecule has 1 N–H and O–H groups in total. The molecule has 0 bridgehead atoms. The molecule has 94 valence electrons. The fourth-order valence-corrected chi connectivity index (χ4v) is 1.86. The molecule has 0 spiro atoms. The number of halogens is 3. The Labute approximate surface area is 117 Å². The fraction of sp³-hybridized carbons (Fsp3) is 0.0909. The van der Waals surface area contributed by atoms with Gasteiger partial charge in [0, 0.05) is 22.7 Å². The van der Waals surface area contributed by atoms with Crippen molar-refractivity contribution in [2.45, 2.75) is 6.61 Å². The van der Waals surface area contributed by atoms with E-state index in [2.05, 4.69) is 10.2 Å². The van der Waals surface area contributed by atoms with E-state index in [1.807, 2.05) is 0 Å². The molecule has 0 radical (unpaired) electrons. The van der Waals surface area contributed by atoms with Crippen LogP contribution >= 0.6 is 34.8 Å². The van der Waals surface area contributed by atoms with E-state index in [1.54, 1.807) is 12.1 Å². The molecule has 0 atom stereocenters. The molecule has 1 aromatic heterocycles. The second-order valence-corrected chi connectivity index (χ2v) is 4.63. The van der Waals surface area contributed by atoms with Gasteiger partial charge < -0.3 is 4.74 Å². The number of ether oxygens (including phenoxy) is 1. The smallest absolute Gasteiger partial charge is 0.264 e. The Morgan fingerprint density at radius 1 is 1.11 bits per heavy atom. The van der Waals surface area contributed by atoms with E-state index < -0.39 is 0 Å². The van der Waals surface area contributed by atoms with Crippen molar-refractivity contribution in [3.63, 3.8) is 0 Å². The van der Waals surface area contributed by atoms with Crippen molar-refractivity contribution >= 4 is 34.8 Å². The molecule has 0 aliphatic rings. The van der Waals surface area contributed by atoms with Crippen LogP contribution in [-0.2, 0) is 6.61 Å². The normalized spacial score (nSPS) is 10.4. The van der Waals surface area contributed by atoms with Gasteiger partial charge in [-0.05, 0) is 12.1 Å². The third kappa shape index (κ3) is 3.16. The summed E-state index contributed by atoms with van der Waals surface area (Å²) in [4.78, 5) is 10.8. The zero-order valence-corrected chi connectivity index (χ0v) is 11.2. The minimum Gasteiger partial charge on any atom is -0.472 e. The minimum absolute atomic E-state index is 0.175. The van der Waals surface area contributed by atoms with Crippen LogP contribution in [0.5, 0.6) is 5.88 Å².